The average molecular weight is 270 g/mol. The molecule has 0 aliphatic heterocycles. The maximum atomic E-state index is 13.3. The van der Waals surface area contributed by atoms with E-state index in [0.29, 0.717) is 22.8 Å². The van der Waals surface area contributed by atoms with Gasteiger partial charge in [-0.05, 0) is 36.8 Å². The van der Waals surface area contributed by atoms with Gasteiger partial charge in [0.15, 0.2) is 0 Å². The molecule has 0 amide bonds. The number of hydrogen-bond acceptors (Lipinski definition) is 5. The van der Waals surface area contributed by atoms with Crippen molar-refractivity contribution >= 4 is 5.69 Å². The highest BCUT2D eigenvalue weighted by Gasteiger charge is 2.15. The molecule has 3 aromatic rings. The first-order valence-electron chi connectivity index (χ1n) is 5.96. The number of halogens is 1. The number of aryl methyl sites for hydroxylation is 1. The normalized spacial score (nSPS) is 10.7. The Hall–Kier alpha value is -2.76. The molecule has 0 bridgehead atoms. The van der Waals surface area contributed by atoms with Crippen molar-refractivity contribution in [3.8, 4) is 23.0 Å². The molecule has 2 N–H and O–H groups in total. The van der Waals surface area contributed by atoms with Gasteiger partial charge in [-0.3, -0.25) is 4.98 Å². The zero-order chi connectivity index (χ0) is 14.1. The molecule has 20 heavy (non-hydrogen) atoms. The first-order valence-corrected chi connectivity index (χ1v) is 5.96. The molecule has 6 heteroatoms. The van der Waals surface area contributed by atoms with Gasteiger partial charge in [-0.1, -0.05) is 11.2 Å². The molecule has 0 fully saturated rings. The Balaban J connectivity index is 2.07. The van der Waals surface area contributed by atoms with Crippen molar-refractivity contribution in [1.29, 1.82) is 0 Å². The van der Waals surface area contributed by atoms with E-state index in [1.807, 2.05) is 19.1 Å². The Kier molecular flexibility index (Phi) is 2.90. The van der Waals surface area contributed by atoms with E-state index >= 15 is 0 Å². The Bertz CT molecular complexity index is 769. The van der Waals surface area contributed by atoms with Crippen molar-refractivity contribution in [2.24, 2.45) is 0 Å². The predicted octanol–water partition coefficient (Wildman–Crippen LogP) is 2.83. The second-order valence-corrected chi connectivity index (χ2v) is 4.32. The summed E-state index contributed by atoms with van der Waals surface area (Å²) >= 11 is 0. The van der Waals surface area contributed by atoms with E-state index in [1.165, 1.54) is 18.2 Å². The van der Waals surface area contributed by atoms with Crippen LogP contribution in [-0.2, 0) is 0 Å². The number of hydrogen-bond donors (Lipinski definition) is 1. The summed E-state index contributed by atoms with van der Waals surface area (Å²) < 4.78 is 18.4. The van der Waals surface area contributed by atoms with Crippen LogP contribution in [0.2, 0.25) is 0 Å². The molecule has 0 aliphatic carbocycles. The molecule has 0 saturated carbocycles. The van der Waals surface area contributed by atoms with Gasteiger partial charge in [-0.15, -0.1) is 0 Å². The van der Waals surface area contributed by atoms with Crippen molar-refractivity contribution in [3.05, 3.63) is 47.9 Å². The molecule has 0 radical (unpaired) electrons. The molecule has 100 valence electrons. The molecule has 0 unspecified atom stereocenters. The number of nitrogen functional groups attached to an aromatic ring is 1. The Morgan fingerprint density at radius 1 is 1.25 bits per heavy atom. The van der Waals surface area contributed by atoms with Gasteiger partial charge in [0.05, 0.1) is 5.56 Å². The molecule has 0 spiro atoms. The lowest BCUT2D eigenvalue weighted by atomic mass is 10.1. The lowest BCUT2D eigenvalue weighted by Crippen LogP contribution is -1.92. The molecule has 2 aromatic heterocycles. The molecule has 3 rings (SSSR count). The van der Waals surface area contributed by atoms with Gasteiger partial charge in [-0.2, -0.15) is 4.98 Å². The lowest BCUT2D eigenvalue weighted by molar-refractivity contribution is 0.432. The van der Waals surface area contributed by atoms with Gasteiger partial charge in [0.1, 0.15) is 11.5 Å². The fraction of sp³-hybridized carbons (Fsp3) is 0.0714. The van der Waals surface area contributed by atoms with Gasteiger partial charge >= 0.3 is 0 Å². The zero-order valence-electron chi connectivity index (χ0n) is 10.7. The summed E-state index contributed by atoms with van der Waals surface area (Å²) in [5, 5.41) is 3.87. The molecule has 5 nitrogen and oxygen atoms in total. The maximum absolute atomic E-state index is 13.3. The molecule has 0 aliphatic rings. The predicted molar refractivity (Wildman–Crippen MR) is 72.1 cm³/mol. The SMILES string of the molecule is Cc1cccnc1-c1noc(-c2cc(F)ccc2N)n1. The molecule has 0 atom stereocenters. The minimum Gasteiger partial charge on any atom is -0.398 e. The number of anilines is 1. The van der Waals surface area contributed by atoms with Crippen LogP contribution in [0.4, 0.5) is 10.1 Å². The molecule has 0 saturated heterocycles. The third-order valence-corrected chi connectivity index (χ3v) is 2.89. The van der Waals surface area contributed by atoms with Crippen LogP contribution in [0.3, 0.4) is 0 Å². The third kappa shape index (κ3) is 2.11. The standard InChI is InChI=1S/C14H11FN4O/c1-8-3-2-6-17-12(8)13-18-14(20-19-13)10-7-9(15)4-5-11(10)16/h2-7H,16H2,1H3. The van der Waals surface area contributed by atoms with Crippen molar-refractivity contribution < 1.29 is 8.91 Å². The highest BCUT2D eigenvalue weighted by Crippen LogP contribution is 2.27. The molecular formula is C14H11FN4O. The van der Waals surface area contributed by atoms with Crippen LogP contribution in [0.1, 0.15) is 5.56 Å². The summed E-state index contributed by atoms with van der Waals surface area (Å²) in [5.41, 5.74) is 8.08. The first kappa shape index (κ1) is 12.3. The van der Waals surface area contributed by atoms with E-state index in [2.05, 4.69) is 15.1 Å². The van der Waals surface area contributed by atoms with E-state index < -0.39 is 5.82 Å². The van der Waals surface area contributed by atoms with Crippen LogP contribution in [-0.4, -0.2) is 15.1 Å². The monoisotopic (exact) mass is 270 g/mol. The summed E-state index contributed by atoms with van der Waals surface area (Å²) in [6.45, 7) is 1.90. The summed E-state index contributed by atoms with van der Waals surface area (Å²) in [6.07, 6.45) is 1.65. The van der Waals surface area contributed by atoms with Crippen LogP contribution in [0, 0.1) is 12.7 Å². The highest BCUT2D eigenvalue weighted by atomic mass is 19.1. The lowest BCUT2D eigenvalue weighted by Gasteiger charge is -1.99. The van der Waals surface area contributed by atoms with Gasteiger partial charge < -0.3 is 10.3 Å². The summed E-state index contributed by atoms with van der Waals surface area (Å²) in [4.78, 5) is 8.43. The quantitative estimate of drug-likeness (QED) is 0.724. The van der Waals surface area contributed by atoms with Gasteiger partial charge in [0.25, 0.3) is 5.89 Å². The number of rotatable bonds is 2. The topological polar surface area (TPSA) is 77.8 Å². The van der Waals surface area contributed by atoms with E-state index in [9.17, 15) is 4.39 Å². The number of benzene rings is 1. The Labute approximate surface area is 114 Å². The van der Waals surface area contributed by atoms with Crippen molar-refractivity contribution in [2.75, 3.05) is 5.73 Å². The maximum Gasteiger partial charge on any atom is 0.260 e. The van der Waals surface area contributed by atoms with Crippen LogP contribution in [0.5, 0.6) is 0 Å². The van der Waals surface area contributed by atoms with Gasteiger partial charge in [0.2, 0.25) is 5.82 Å². The van der Waals surface area contributed by atoms with Crippen molar-refractivity contribution in [2.45, 2.75) is 6.92 Å². The van der Waals surface area contributed by atoms with Crippen LogP contribution in [0.15, 0.2) is 41.1 Å². The minimum absolute atomic E-state index is 0.169. The molecule has 1 aromatic carbocycles. The van der Waals surface area contributed by atoms with Crippen LogP contribution in [0.25, 0.3) is 23.0 Å². The Morgan fingerprint density at radius 3 is 2.90 bits per heavy atom. The number of aromatic nitrogens is 3. The Morgan fingerprint density at radius 2 is 2.10 bits per heavy atom. The van der Waals surface area contributed by atoms with Crippen LogP contribution < -0.4 is 5.73 Å². The smallest absolute Gasteiger partial charge is 0.260 e. The average Bonchev–Trinajstić information content (AvgIpc) is 2.91. The largest absolute Gasteiger partial charge is 0.398 e. The van der Waals surface area contributed by atoms with E-state index in [-0.39, 0.29) is 5.89 Å². The summed E-state index contributed by atoms with van der Waals surface area (Å²) in [6, 6.07) is 7.72. The number of nitrogens with two attached hydrogens (primary N) is 1. The van der Waals surface area contributed by atoms with Gasteiger partial charge in [-0.25, -0.2) is 4.39 Å². The van der Waals surface area contributed by atoms with E-state index in [4.69, 9.17) is 10.3 Å². The minimum atomic E-state index is -0.414. The highest BCUT2D eigenvalue weighted by molar-refractivity contribution is 5.71. The van der Waals surface area contributed by atoms with E-state index in [1.54, 1.807) is 6.20 Å². The summed E-state index contributed by atoms with van der Waals surface area (Å²) in [5.74, 6) is 0.104. The molecule has 2 heterocycles. The van der Waals surface area contributed by atoms with Gasteiger partial charge in [0, 0.05) is 11.9 Å². The fourth-order valence-electron chi connectivity index (χ4n) is 1.86. The van der Waals surface area contributed by atoms with Crippen LogP contribution >= 0.6 is 0 Å². The number of pyridine rings is 1. The summed E-state index contributed by atoms with van der Waals surface area (Å²) in [7, 11) is 0. The third-order valence-electron chi connectivity index (χ3n) is 2.89. The van der Waals surface area contributed by atoms with E-state index in [0.717, 1.165) is 5.56 Å². The first-order chi connectivity index (χ1) is 9.65. The zero-order valence-corrected chi connectivity index (χ0v) is 10.7. The second kappa shape index (κ2) is 4.73. The van der Waals surface area contributed by atoms with Crippen molar-refractivity contribution in [3.63, 3.8) is 0 Å². The molecular weight excluding hydrogens is 259 g/mol. The fourth-order valence-corrected chi connectivity index (χ4v) is 1.86. The second-order valence-electron chi connectivity index (χ2n) is 4.32. The van der Waals surface area contributed by atoms with Crippen molar-refractivity contribution in [1.82, 2.24) is 15.1 Å². The number of nitrogens with zero attached hydrogens (tertiary/aromatic N) is 3.